The maximum absolute atomic E-state index is 10.7. The first kappa shape index (κ1) is 14.8. The molecule has 1 N–H and O–H groups in total. The maximum atomic E-state index is 10.7. The van der Waals surface area contributed by atoms with E-state index in [4.69, 9.17) is 0 Å². The van der Waals surface area contributed by atoms with Gasteiger partial charge in [-0.05, 0) is 54.5 Å². The van der Waals surface area contributed by atoms with Crippen LogP contribution in [0.1, 0.15) is 53.3 Å². The average Bonchev–Trinajstić information content (AvgIpc) is 2.48. The van der Waals surface area contributed by atoms with Crippen molar-refractivity contribution in [2.24, 2.45) is 0 Å². The Hall–Kier alpha value is -1.60. The minimum Gasteiger partial charge on any atom is -0.384 e. The van der Waals surface area contributed by atoms with Crippen molar-refractivity contribution in [3.8, 4) is 0 Å². The van der Waals surface area contributed by atoms with Crippen LogP contribution in [0.15, 0.2) is 36.4 Å². The Balaban J connectivity index is 2.42. The smallest absolute Gasteiger partial charge is 0.104 e. The van der Waals surface area contributed by atoms with Gasteiger partial charge in [0.15, 0.2) is 0 Å². The molecule has 20 heavy (non-hydrogen) atoms. The number of aryl methyl sites for hydroxylation is 4. The van der Waals surface area contributed by atoms with Crippen molar-refractivity contribution >= 4 is 0 Å². The van der Waals surface area contributed by atoms with Crippen LogP contribution in [-0.2, 0) is 12.8 Å². The summed E-state index contributed by atoms with van der Waals surface area (Å²) in [7, 11) is 0. The van der Waals surface area contributed by atoms with Gasteiger partial charge in [0.25, 0.3) is 0 Å². The highest BCUT2D eigenvalue weighted by molar-refractivity contribution is 5.41. The van der Waals surface area contributed by atoms with Crippen LogP contribution in [0.2, 0.25) is 0 Å². The van der Waals surface area contributed by atoms with Gasteiger partial charge < -0.3 is 5.11 Å². The Morgan fingerprint density at radius 3 is 2.25 bits per heavy atom. The molecular weight excluding hydrogens is 244 g/mol. The Kier molecular flexibility index (Phi) is 4.61. The average molecular weight is 268 g/mol. The molecule has 0 aliphatic rings. The fourth-order valence-electron chi connectivity index (χ4n) is 2.72. The molecule has 0 saturated heterocycles. The van der Waals surface area contributed by atoms with E-state index in [0.29, 0.717) is 0 Å². The zero-order valence-electron chi connectivity index (χ0n) is 12.9. The van der Waals surface area contributed by atoms with Gasteiger partial charge in [-0.3, -0.25) is 0 Å². The summed E-state index contributed by atoms with van der Waals surface area (Å²) in [5, 5.41) is 10.7. The summed E-state index contributed by atoms with van der Waals surface area (Å²) in [6.07, 6.45) is 1.52. The van der Waals surface area contributed by atoms with Crippen LogP contribution >= 0.6 is 0 Å². The molecule has 2 aromatic rings. The van der Waals surface area contributed by atoms with Crippen molar-refractivity contribution in [2.45, 2.75) is 46.6 Å². The number of aliphatic hydroxyl groups is 1. The van der Waals surface area contributed by atoms with Gasteiger partial charge in [-0.25, -0.2) is 0 Å². The Morgan fingerprint density at radius 1 is 0.900 bits per heavy atom. The Bertz CT molecular complexity index is 599. The van der Waals surface area contributed by atoms with Crippen LogP contribution in [0.4, 0.5) is 0 Å². The first-order valence-electron chi connectivity index (χ1n) is 7.43. The van der Waals surface area contributed by atoms with Crippen molar-refractivity contribution < 1.29 is 5.11 Å². The van der Waals surface area contributed by atoms with Crippen LogP contribution in [0, 0.1) is 13.8 Å². The summed E-state index contributed by atoms with van der Waals surface area (Å²) >= 11 is 0. The largest absolute Gasteiger partial charge is 0.384 e. The van der Waals surface area contributed by atoms with E-state index in [-0.39, 0.29) is 0 Å². The third kappa shape index (κ3) is 2.94. The number of hydrogen-bond donors (Lipinski definition) is 1. The molecule has 1 heteroatoms. The van der Waals surface area contributed by atoms with E-state index < -0.39 is 6.10 Å². The molecule has 0 saturated carbocycles. The maximum Gasteiger partial charge on any atom is 0.104 e. The predicted octanol–water partition coefficient (Wildman–Crippen LogP) is 4.51. The minimum absolute atomic E-state index is 0.536. The van der Waals surface area contributed by atoms with Crippen LogP contribution in [0.3, 0.4) is 0 Å². The third-order valence-electron chi connectivity index (χ3n) is 4.04. The van der Waals surface area contributed by atoms with Gasteiger partial charge >= 0.3 is 0 Å². The summed E-state index contributed by atoms with van der Waals surface area (Å²) < 4.78 is 0. The second kappa shape index (κ2) is 6.23. The van der Waals surface area contributed by atoms with Crippen molar-refractivity contribution in [1.82, 2.24) is 0 Å². The first-order valence-corrected chi connectivity index (χ1v) is 7.43. The summed E-state index contributed by atoms with van der Waals surface area (Å²) in [6, 6.07) is 12.6. The highest BCUT2D eigenvalue weighted by Crippen LogP contribution is 2.27. The van der Waals surface area contributed by atoms with Crippen molar-refractivity contribution in [3.05, 3.63) is 69.8 Å². The molecule has 0 aliphatic carbocycles. The van der Waals surface area contributed by atoms with Gasteiger partial charge in [-0.2, -0.15) is 0 Å². The molecule has 2 aromatic carbocycles. The molecule has 0 bridgehead atoms. The van der Waals surface area contributed by atoms with Crippen LogP contribution in [0.25, 0.3) is 0 Å². The van der Waals surface area contributed by atoms with E-state index in [1.165, 1.54) is 16.7 Å². The van der Waals surface area contributed by atoms with Crippen LogP contribution < -0.4 is 0 Å². The van der Waals surface area contributed by atoms with Crippen molar-refractivity contribution in [1.29, 1.82) is 0 Å². The summed E-state index contributed by atoms with van der Waals surface area (Å²) in [5.74, 6) is 0. The number of aliphatic hydroxyl groups excluding tert-OH is 1. The normalized spacial score (nSPS) is 12.4. The van der Waals surface area contributed by atoms with Gasteiger partial charge in [0.05, 0.1) is 0 Å². The number of hydrogen-bond acceptors (Lipinski definition) is 1. The van der Waals surface area contributed by atoms with E-state index >= 15 is 0 Å². The number of benzene rings is 2. The fraction of sp³-hybridized carbons (Fsp3) is 0.368. The Morgan fingerprint density at radius 2 is 1.60 bits per heavy atom. The molecular formula is C19H24O. The predicted molar refractivity (Wildman–Crippen MR) is 85.2 cm³/mol. The zero-order chi connectivity index (χ0) is 14.7. The first-order chi connectivity index (χ1) is 9.56. The zero-order valence-corrected chi connectivity index (χ0v) is 12.9. The van der Waals surface area contributed by atoms with E-state index in [9.17, 15) is 5.11 Å². The Labute approximate surface area is 122 Å². The highest BCUT2D eigenvalue weighted by atomic mass is 16.3. The van der Waals surface area contributed by atoms with E-state index in [0.717, 1.165) is 29.5 Å². The second-order valence-electron chi connectivity index (χ2n) is 5.50. The van der Waals surface area contributed by atoms with Crippen molar-refractivity contribution in [2.75, 3.05) is 0 Å². The SMILES string of the molecule is CCc1ccc(C(O)c2cc(C)ccc2C)cc1CC. The van der Waals surface area contributed by atoms with Crippen molar-refractivity contribution in [3.63, 3.8) is 0 Å². The summed E-state index contributed by atoms with van der Waals surface area (Å²) in [4.78, 5) is 0. The van der Waals surface area contributed by atoms with Gasteiger partial charge in [0.2, 0.25) is 0 Å². The molecule has 0 spiro atoms. The second-order valence-corrected chi connectivity index (χ2v) is 5.50. The molecule has 1 atom stereocenters. The highest BCUT2D eigenvalue weighted by Gasteiger charge is 2.14. The lowest BCUT2D eigenvalue weighted by Gasteiger charge is -2.17. The molecule has 0 aliphatic heterocycles. The van der Waals surface area contributed by atoms with E-state index in [1.54, 1.807) is 0 Å². The molecule has 0 aromatic heterocycles. The monoisotopic (exact) mass is 268 g/mol. The van der Waals surface area contributed by atoms with Crippen LogP contribution in [0.5, 0.6) is 0 Å². The molecule has 0 radical (unpaired) electrons. The molecule has 2 rings (SSSR count). The molecule has 0 heterocycles. The summed E-state index contributed by atoms with van der Waals surface area (Å²) in [6.45, 7) is 8.46. The summed E-state index contributed by atoms with van der Waals surface area (Å²) in [5.41, 5.74) is 7.05. The quantitative estimate of drug-likeness (QED) is 0.865. The lowest BCUT2D eigenvalue weighted by atomic mass is 9.92. The molecule has 0 amide bonds. The molecule has 1 nitrogen and oxygen atoms in total. The minimum atomic E-state index is -0.536. The fourth-order valence-corrected chi connectivity index (χ4v) is 2.72. The molecule has 106 valence electrons. The standard InChI is InChI=1S/C19H24O/c1-5-15-9-10-17(12-16(15)6-2)19(20)18-11-13(3)7-8-14(18)4/h7-12,19-20H,5-6H2,1-4H3. The van der Waals surface area contributed by atoms with Gasteiger partial charge in [-0.15, -0.1) is 0 Å². The molecule has 0 fully saturated rings. The third-order valence-corrected chi connectivity index (χ3v) is 4.04. The van der Waals surface area contributed by atoms with E-state index in [2.05, 4.69) is 64.1 Å². The van der Waals surface area contributed by atoms with Gasteiger partial charge in [-0.1, -0.05) is 55.8 Å². The van der Waals surface area contributed by atoms with E-state index in [1.807, 2.05) is 0 Å². The van der Waals surface area contributed by atoms with Gasteiger partial charge in [0.1, 0.15) is 6.10 Å². The van der Waals surface area contributed by atoms with Crippen LogP contribution in [-0.4, -0.2) is 5.11 Å². The topological polar surface area (TPSA) is 20.2 Å². The lowest BCUT2D eigenvalue weighted by molar-refractivity contribution is 0.219. The lowest BCUT2D eigenvalue weighted by Crippen LogP contribution is -2.04. The number of rotatable bonds is 4. The van der Waals surface area contributed by atoms with Gasteiger partial charge in [0, 0.05) is 0 Å². The molecule has 1 unspecified atom stereocenters.